The normalized spacial score (nSPS) is 15.3. The van der Waals surface area contributed by atoms with Gasteiger partial charge in [-0.25, -0.2) is 4.98 Å². The number of pyridine rings is 1. The van der Waals surface area contributed by atoms with Gasteiger partial charge in [0, 0.05) is 16.3 Å². The van der Waals surface area contributed by atoms with E-state index in [1.54, 1.807) is 0 Å². The van der Waals surface area contributed by atoms with Crippen molar-refractivity contribution in [1.82, 2.24) is 4.98 Å². The molecule has 0 bridgehead atoms. The van der Waals surface area contributed by atoms with Crippen LogP contribution in [0.3, 0.4) is 0 Å². The molecule has 1 atom stereocenters. The molecule has 1 heterocycles. The van der Waals surface area contributed by atoms with Gasteiger partial charge in [-0.1, -0.05) is 78.3 Å². The molecule has 4 aromatic rings. The molecule has 6 heteroatoms. The van der Waals surface area contributed by atoms with Crippen molar-refractivity contribution in [1.29, 1.82) is 0 Å². The predicted octanol–water partition coefficient (Wildman–Crippen LogP) is 8.80. The number of nitrogens with zero attached hydrogens (tertiary/aromatic N) is 1. The number of aliphatic hydroxyl groups is 1. The number of fused-ring (bicyclic) bond motifs is 1. The smallest absolute Gasteiger partial charge is 0.303 e. The fraction of sp³-hybridized carbons (Fsp3) is 0.314. The lowest BCUT2D eigenvalue weighted by Gasteiger charge is -2.27. The Bertz CT molecular complexity index is 1570. The van der Waals surface area contributed by atoms with E-state index in [0.29, 0.717) is 5.02 Å². The van der Waals surface area contributed by atoms with Crippen molar-refractivity contribution in [2.45, 2.75) is 51.0 Å². The maximum absolute atomic E-state index is 11.3. The zero-order chi connectivity index (χ0) is 29.0. The van der Waals surface area contributed by atoms with E-state index in [4.69, 9.17) is 16.6 Å². The minimum atomic E-state index is -0.969. The summed E-state index contributed by atoms with van der Waals surface area (Å²) < 4.78 is 0. The number of hydrogen-bond acceptors (Lipinski definition) is 4. The summed E-state index contributed by atoms with van der Waals surface area (Å²) in [4.78, 5) is 16.0. The summed E-state index contributed by atoms with van der Waals surface area (Å²) >= 11 is 8.02. The van der Waals surface area contributed by atoms with Gasteiger partial charge >= 0.3 is 5.97 Å². The molecule has 2 N–H and O–H groups in total. The third kappa shape index (κ3) is 7.59. The van der Waals surface area contributed by atoms with Crippen molar-refractivity contribution in [2.24, 2.45) is 5.41 Å². The molecule has 0 spiro atoms. The van der Waals surface area contributed by atoms with Crippen molar-refractivity contribution >= 4 is 52.4 Å². The number of halogens is 1. The first-order valence-corrected chi connectivity index (χ1v) is 15.6. The number of thioether (sulfide) groups is 1. The molecule has 41 heavy (non-hydrogen) atoms. The molecule has 1 aromatic heterocycles. The molecule has 3 aromatic carbocycles. The molecule has 0 saturated heterocycles. The third-order valence-corrected chi connectivity index (χ3v) is 9.45. The average molecular weight is 586 g/mol. The van der Waals surface area contributed by atoms with E-state index in [9.17, 15) is 15.0 Å². The molecule has 4 nitrogen and oxygen atoms in total. The van der Waals surface area contributed by atoms with Crippen LogP contribution in [0.1, 0.15) is 73.4 Å². The molecule has 1 unspecified atom stereocenters. The van der Waals surface area contributed by atoms with Crippen LogP contribution in [-0.2, 0) is 10.4 Å². The largest absolute Gasteiger partial charge is 0.481 e. The quantitative estimate of drug-likeness (QED) is 0.163. The van der Waals surface area contributed by atoms with E-state index in [-0.39, 0.29) is 17.8 Å². The Morgan fingerprint density at radius 3 is 2.59 bits per heavy atom. The number of carbonyl (C=O) groups is 1. The monoisotopic (exact) mass is 585 g/mol. The number of benzene rings is 3. The second-order valence-electron chi connectivity index (χ2n) is 11.7. The van der Waals surface area contributed by atoms with Crippen LogP contribution < -0.4 is 0 Å². The van der Waals surface area contributed by atoms with Gasteiger partial charge in [0.25, 0.3) is 0 Å². The van der Waals surface area contributed by atoms with Crippen LogP contribution in [0.5, 0.6) is 0 Å². The lowest BCUT2D eigenvalue weighted by Crippen LogP contribution is -2.20. The van der Waals surface area contributed by atoms with Crippen molar-refractivity contribution in [3.8, 4) is 0 Å². The molecular weight excluding hydrogens is 550 g/mol. The van der Waals surface area contributed by atoms with Crippen molar-refractivity contribution in [2.75, 3.05) is 11.5 Å². The number of hydrogen-bond donors (Lipinski definition) is 2. The lowest BCUT2D eigenvalue weighted by atomic mass is 9.81. The van der Waals surface area contributed by atoms with E-state index < -0.39 is 11.6 Å². The van der Waals surface area contributed by atoms with Gasteiger partial charge in [-0.3, -0.25) is 4.79 Å². The minimum absolute atomic E-state index is 0.0240. The average Bonchev–Trinajstić information content (AvgIpc) is 3.69. The summed E-state index contributed by atoms with van der Waals surface area (Å²) in [5, 5.41) is 22.0. The number of aliphatic carboxylic acids is 1. The van der Waals surface area contributed by atoms with Gasteiger partial charge in [-0.05, 0) is 96.6 Å². The highest BCUT2D eigenvalue weighted by Gasteiger charge is 2.44. The number of rotatable bonds is 12. The summed E-state index contributed by atoms with van der Waals surface area (Å²) in [6.45, 7) is 3.67. The first kappa shape index (κ1) is 29.4. The fourth-order valence-electron chi connectivity index (χ4n) is 5.48. The second-order valence-corrected chi connectivity index (χ2v) is 13.2. The van der Waals surface area contributed by atoms with Crippen LogP contribution >= 0.6 is 23.4 Å². The number of carboxylic acid groups (broad SMARTS) is 1. The van der Waals surface area contributed by atoms with Crippen molar-refractivity contribution < 1.29 is 15.0 Å². The minimum Gasteiger partial charge on any atom is -0.481 e. The van der Waals surface area contributed by atoms with Crippen LogP contribution in [-0.4, -0.2) is 32.7 Å². The maximum Gasteiger partial charge on any atom is 0.303 e. The lowest BCUT2D eigenvalue weighted by molar-refractivity contribution is -0.138. The van der Waals surface area contributed by atoms with E-state index in [1.807, 2.05) is 74.1 Å². The Hall–Kier alpha value is -3.12. The van der Waals surface area contributed by atoms with Crippen LogP contribution in [0.25, 0.3) is 23.1 Å². The molecule has 1 aliphatic rings. The molecule has 0 radical (unpaired) electrons. The van der Waals surface area contributed by atoms with Gasteiger partial charge in [-0.15, -0.1) is 0 Å². The molecule has 0 amide bonds. The molecule has 1 aliphatic carbocycles. The van der Waals surface area contributed by atoms with E-state index >= 15 is 0 Å². The van der Waals surface area contributed by atoms with Crippen LogP contribution in [0, 0.1) is 5.41 Å². The zero-order valence-electron chi connectivity index (χ0n) is 23.5. The van der Waals surface area contributed by atoms with Crippen LogP contribution in [0.15, 0.2) is 78.9 Å². The molecule has 1 fully saturated rings. The SMILES string of the molecule is CC(C)(O)c1ccccc1C(CCSCC1(CC(=O)O)CC1)c1cccc(C=Cc2ccc3ccc(Cl)cc3n2)c1. The van der Waals surface area contributed by atoms with E-state index in [1.165, 1.54) is 5.56 Å². The van der Waals surface area contributed by atoms with Gasteiger partial charge in [0.05, 0.1) is 23.2 Å². The van der Waals surface area contributed by atoms with Gasteiger partial charge in [0.2, 0.25) is 0 Å². The summed E-state index contributed by atoms with van der Waals surface area (Å²) in [7, 11) is 0. The van der Waals surface area contributed by atoms with Crippen molar-refractivity contribution in [3.63, 3.8) is 0 Å². The Kier molecular flexibility index (Phi) is 8.88. The summed E-state index contributed by atoms with van der Waals surface area (Å²) in [5.74, 6) is 1.18. The Balaban J connectivity index is 1.39. The highest BCUT2D eigenvalue weighted by Crippen LogP contribution is 2.51. The highest BCUT2D eigenvalue weighted by molar-refractivity contribution is 7.99. The fourth-order valence-corrected chi connectivity index (χ4v) is 7.02. The molecule has 1 saturated carbocycles. The number of aromatic nitrogens is 1. The Labute approximate surface area is 251 Å². The number of carboxylic acids is 1. The first-order valence-electron chi connectivity index (χ1n) is 14.1. The van der Waals surface area contributed by atoms with Gasteiger partial charge < -0.3 is 10.2 Å². The van der Waals surface area contributed by atoms with Gasteiger partial charge in [0.1, 0.15) is 0 Å². The maximum atomic E-state index is 11.3. The molecule has 212 valence electrons. The van der Waals surface area contributed by atoms with Crippen molar-refractivity contribution in [3.05, 3.63) is 112 Å². The Morgan fingerprint density at radius 2 is 1.83 bits per heavy atom. The standard InChI is InChI=1S/C35H36ClNO3S/c1-34(2,40)31-9-4-3-8-30(31)29(16-19-41-23-35(17-18-35)22-33(38)39)26-7-5-6-24(20-26)10-14-28-15-12-25-11-13-27(36)21-32(25)37-28/h3-15,20-21,29,40H,16-19,22-23H2,1-2H3,(H,38,39). The van der Waals surface area contributed by atoms with Gasteiger partial charge in [-0.2, -0.15) is 11.8 Å². The predicted molar refractivity (Wildman–Crippen MR) is 172 cm³/mol. The molecular formula is C35H36ClNO3S. The molecule has 5 rings (SSSR count). The van der Waals surface area contributed by atoms with Gasteiger partial charge in [0.15, 0.2) is 0 Å². The third-order valence-electron chi connectivity index (χ3n) is 7.87. The highest BCUT2D eigenvalue weighted by atomic mass is 35.5. The van der Waals surface area contributed by atoms with Crippen LogP contribution in [0.4, 0.5) is 0 Å². The molecule has 0 aliphatic heterocycles. The first-order chi connectivity index (χ1) is 19.6. The van der Waals surface area contributed by atoms with Crippen LogP contribution in [0.2, 0.25) is 5.02 Å². The topological polar surface area (TPSA) is 70.4 Å². The second kappa shape index (κ2) is 12.4. The zero-order valence-corrected chi connectivity index (χ0v) is 25.1. The van der Waals surface area contributed by atoms with E-state index in [2.05, 4.69) is 42.5 Å². The summed E-state index contributed by atoms with van der Waals surface area (Å²) in [6.07, 6.45) is 7.26. The Morgan fingerprint density at radius 1 is 1.05 bits per heavy atom. The summed E-state index contributed by atoms with van der Waals surface area (Å²) in [6, 6.07) is 26.5. The van der Waals surface area contributed by atoms with E-state index in [0.717, 1.165) is 64.1 Å². The summed E-state index contributed by atoms with van der Waals surface area (Å²) in [5.41, 5.74) is 5.06.